The van der Waals surface area contributed by atoms with Crippen LogP contribution in [0.3, 0.4) is 0 Å². The first-order valence-corrected chi connectivity index (χ1v) is 14.9. The van der Waals surface area contributed by atoms with E-state index in [9.17, 15) is 40.9 Å². The molecule has 0 saturated carbocycles. The van der Waals surface area contributed by atoms with Gasteiger partial charge in [0, 0.05) is 11.1 Å². The predicted molar refractivity (Wildman–Crippen MR) is 163 cm³/mol. The molecule has 0 radical (unpaired) electrons. The van der Waals surface area contributed by atoms with Crippen molar-refractivity contribution >= 4 is 0 Å². The Balaban J connectivity index is 1.33. The van der Waals surface area contributed by atoms with Crippen molar-refractivity contribution in [3.05, 3.63) is 65.7 Å². The van der Waals surface area contributed by atoms with Gasteiger partial charge in [0.05, 0.1) is 24.6 Å². The maximum atomic E-state index is 10.8. The highest BCUT2D eigenvalue weighted by atomic mass is 16.7. The molecule has 2 saturated heterocycles. The first kappa shape index (κ1) is 34.1. The van der Waals surface area contributed by atoms with Gasteiger partial charge in [0.1, 0.15) is 48.1 Å². The number of rotatable bonds is 8. The van der Waals surface area contributed by atoms with Crippen molar-refractivity contribution < 1.29 is 59.8 Å². The molecule has 1 aromatic heterocycles. The molecule has 2 aliphatic heterocycles. The Hall–Kier alpha value is -3.21. The van der Waals surface area contributed by atoms with Crippen LogP contribution in [0.15, 0.2) is 54.6 Å². The summed E-state index contributed by atoms with van der Waals surface area (Å²) in [5.74, 6) is 0.731. The van der Waals surface area contributed by atoms with Gasteiger partial charge in [-0.25, -0.2) is 4.98 Å². The number of nitrogens with zero attached hydrogens (tertiary/aromatic N) is 1. The zero-order chi connectivity index (χ0) is 33.6. The van der Waals surface area contributed by atoms with Crippen LogP contribution < -0.4 is 9.47 Å². The highest BCUT2D eigenvalue weighted by Gasteiger charge is 2.54. The second-order valence-corrected chi connectivity index (χ2v) is 12.3. The highest BCUT2D eigenvalue weighted by Crippen LogP contribution is 2.36. The molecule has 2 fully saturated rings. The number of hydrogen-bond acceptors (Lipinski definition) is 13. The van der Waals surface area contributed by atoms with E-state index in [1.165, 1.54) is 13.8 Å². The van der Waals surface area contributed by atoms with Crippen molar-refractivity contribution in [1.29, 1.82) is 0 Å². The number of benzene rings is 2. The van der Waals surface area contributed by atoms with E-state index in [0.29, 0.717) is 34.0 Å². The van der Waals surface area contributed by atoms with Gasteiger partial charge in [-0.05, 0) is 87.4 Å². The average Bonchev–Trinajstić information content (AvgIpc) is 3.03. The fourth-order valence-corrected chi connectivity index (χ4v) is 5.60. The molecule has 2 aliphatic rings. The molecule has 13 heteroatoms. The number of ether oxygens (including phenoxy) is 4. The zero-order valence-corrected chi connectivity index (χ0v) is 25.9. The van der Waals surface area contributed by atoms with Crippen LogP contribution in [0.4, 0.5) is 0 Å². The molecule has 0 spiro atoms. The van der Waals surface area contributed by atoms with Crippen molar-refractivity contribution in [2.75, 3.05) is 13.2 Å². The van der Waals surface area contributed by atoms with Gasteiger partial charge in [0.15, 0.2) is 11.2 Å². The topological polar surface area (TPSA) is 212 Å². The van der Waals surface area contributed by atoms with Gasteiger partial charge in [-0.1, -0.05) is 6.07 Å². The first-order chi connectivity index (χ1) is 21.7. The lowest BCUT2D eigenvalue weighted by Crippen LogP contribution is -2.66. The van der Waals surface area contributed by atoms with Gasteiger partial charge in [0.25, 0.3) is 0 Å². The monoisotopic (exact) mass is 643 g/mol. The summed E-state index contributed by atoms with van der Waals surface area (Å²) in [4.78, 5) is 4.82. The zero-order valence-electron chi connectivity index (χ0n) is 25.9. The van der Waals surface area contributed by atoms with Gasteiger partial charge in [0.2, 0.25) is 12.6 Å². The van der Waals surface area contributed by atoms with E-state index >= 15 is 0 Å². The number of aryl methyl sites for hydroxylation is 2. The van der Waals surface area contributed by atoms with E-state index in [1.807, 2.05) is 30.3 Å². The third-order valence-corrected chi connectivity index (χ3v) is 8.68. The fourth-order valence-electron chi connectivity index (χ4n) is 5.60. The number of pyridine rings is 1. The average molecular weight is 644 g/mol. The summed E-state index contributed by atoms with van der Waals surface area (Å²) in [5, 5.41) is 81.6. The minimum Gasteiger partial charge on any atom is -0.461 e. The molecule has 8 N–H and O–H groups in total. The molecule has 0 bridgehead atoms. The van der Waals surface area contributed by atoms with Crippen molar-refractivity contribution in [1.82, 2.24) is 4.98 Å². The van der Waals surface area contributed by atoms with E-state index in [2.05, 4.69) is 0 Å². The van der Waals surface area contributed by atoms with Crippen LogP contribution >= 0.6 is 0 Å². The summed E-state index contributed by atoms with van der Waals surface area (Å²) >= 11 is 0. The van der Waals surface area contributed by atoms with Crippen molar-refractivity contribution in [3.63, 3.8) is 0 Å². The standard InChI is InChI=1S/C33H41NO12/c1-16-12-18(8-10-22(16)43-30-32(3,41)28(39)26(37)24(14-35)45-30)20-6-5-7-21(34-20)19-9-11-23(17(2)13-19)44-31-33(4,42)29(40)27(38)25(15-36)46-31/h5-13,24-31,35-42H,14-15H2,1-4H3/t24-,25-,26-,27-,28+,29+,30+,31+,32+,33+/m1/s1. The smallest absolute Gasteiger partial charge is 0.231 e. The van der Waals surface area contributed by atoms with Gasteiger partial charge in [-0.2, -0.15) is 0 Å². The van der Waals surface area contributed by atoms with Crippen molar-refractivity contribution in [3.8, 4) is 34.0 Å². The maximum absolute atomic E-state index is 10.8. The van der Waals surface area contributed by atoms with Crippen LogP contribution in [-0.2, 0) is 9.47 Å². The van der Waals surface area contributed by atoms with Crippen LogP contribution in [0.1, 0.15) is 25.0 Å². The molecule has 13 nitrogen and oxygen atoms in total. The van der Waals surface area contributed by atoms with Crippen LogP contribution in [0.2, 0.25) is 0 Å². The minimum absolute atomic E-state index is 0.366. The van der Waals surface area contributed by atoms with Crippen molar-refractivity contribution in [2.24, 2.45) is 0 Å². The summed E-state index contributed by atoms with van der Waals surface area (Å²) in [7, 11) is 0. The van der Waals surface area contributed by atoms with Crippen LogP contribution in [0, 0.1) is 13.8 Å². The normalized spacial score (nSPS) is 34.7. The molecule has 250 valence electrons. The number of aromatic nitrogens is 1. The molecule has 0 amide bonds. The lowest BCUT2D eigenvalue weighted by atomic mass is 9.88. The second kappa shape index (κ2) is 13.1. The van der Waals surface area contributed by atoms with Crippen LogP contribution in [0.25, 0.3) is 22.5 Å². The van der Waals surface area contributed by atoms with Crippen LogP contribution in [-0.4, -0.2) is 119 Å². The van der Waals surface area contributed by atoms with Gasteiger partial charge >= 0.3 is 0 Å². The summed E-state index contributed by atoms with van der Waals surface area (Å²) in [5.41, 5.74) is 0.362. The molecule has 0 unspecified atom stereocenters. The quantitative estimate of drug-likeness (QED) is 0.165. The first-order valence-electron chi connectivity index (χ1n) is 14.9. The van der Waals surface area contributed by atoms with Gasteiger partial charge < -0.3 is 59.8 Å². The number of aliphatic hydroxyl groups excluding tert-OH is 6. The predicted octanol–water partition coefficient (Wildman–Crippen LogP) is 0.170. The van der Waals surface area contributed by atoms with Gasteiger partial charge in [-0.3, -0.25) is 0 Å². The summed E-state index contributed by atoms with van der Waals surface area (Å²) in [6.45, 7) is 5.03. The molecule has 2 aromatic carbocycles. The molecule has 0 aliphatic carbocycles. The molecular formula is C33H41NO12. The Kier molecular flexibility index (Phi) is 9.74. The van der Waals surface area contributed by atoms with E-state index < -0.39 is 73.6 Å². The molecule has 5 rings (SSSR count). The number of aliphatic hydroxyl groups is 8. The van der Waals surface area contributed by atoms with E-state index in [4.69, 9.17) is 23.9 Å². The molecule has 46 heavy (non-hydrogen) atoms. The Bertz CT molecular complexity index is 1420. The van der Waals surface area contributed by atoms with E-state index in [-0.39, 0.29) is 0 Å². The molecule has 3 aromatic rings. The Labute approximate surface area is 265 Å². The second-order valence-electron chi connectivity index (χ2n) is 12.3. The third-order valence-electron chi connectivity index (χ3n) is 8.68. The Morgan fingerprint density at radius 2 is 1.07 bits per heavy atom. The van der Waals surface area contributed by atoms with E-state index in [1.54, 1.807) is 38.1 Å². The summed E-state index contributed by atoms with van der Waals surface area (Å²) < 4.78 is 22.9. The summed E-state index contributed by atoms with van der Waals surface area (Å²) in [6, 6.07) is 16.2. The number of hydrogen-bond donors (Lipinski definition) is 8. The van der Waals surface area contributed by atoms with Crippen LogP contribution in [0.5, 0.6) is 11.5 Å². The lowest BCUT2D eigenvalue weighted by Gasteiger charge is -2.45. The lowest BCUT2D eigenvalue weighted by molar-refractivity contribution is -0.314. The highest BCUT2D eigenvalue weighted by molar-refractivity contribution is 5.68. The van der Waals surface area contributed by atoms with Gasteiger partial charge in [-0.15, -0.1) is 0 Å². The Morgan fingerprint density at radius 1 is 0.674 bits per heavy atom. The maximum Gasteiger partial charge on any atom is 0.231 e. The molecule has 10 atom stereocenters. The van der Waals surface area contributed by atoms with E-state index in [0.717, 1.165) is 11.1 Å². The molecular weight excluding hydrogens is 602 g/mol. The third kappa shape index (κ3) is 6.36. The minimum atomic E-state index is -1.95. The van der Waals surface area contributed by atoms with Crippen molar-refractivity contribution in [2.45, 2.75) is 88.1 Å². The molecule has 3 heterocycles. The Morgan fingerprint density at radius 3 is 1.41 bits per heavy atom. The fraction of sp³-hybridized carbons (Fsp3) is 0.485. The summed E-state index contributed by atoms with van der Waals surface area (Å²) in [6.07, 6.45) is -11.1. The SMILES string of the molecule is Cc1cc(-c2cccc(-c3ccc(O[C@H]4O[C@H](CO)[C@@H](O)[C@H](O)[C@]4(C)O)c(C)c3)n2)ccc1O[C@H]1O[C@H](CO)[C@@H](O)[C@H](O)[C@]1(C)O. The largest absolute Gasteiger partial charge is 0.461 e.